The molecule has 0 aliphatic heterocycles. The van der Waals surface area contributed by atoms with Gasteiger partial charge in [-0.25, -0.2) is 4.68 Å². The number of halogens is 1. The number of carbonyl (C=O) groups is 1. The molecule has 0 fully saturated rings. The minimum absolute atomic E-state index is 0.0814. The van der Waals surface area contributed by atoms with Crippen molar-refractivity contribution < 1.29 is 18.8 Å². The van der Waals surface area contributed by atoms with Gasteiger partial charge in [-0.2, -0.15) is 5.10 Å². The van der Waals surface area contributed by atoms with Gasteiger partial charge in [-0.1, -0.05) is 41.9 Å². The Balaban J connectivity index is 1.35. The highest BCUT2D eigenvalue weighted by molar-refractivity contribution is 6.32. The van der Waals surface area contributed by atoms with Crippen molar-refractivity contribution >= 4 is 17.5 Å². The number of para-hydroxylation sites is 1. The van der Waals surface area contributed by atoms with Gasteiger partial charge in [-0.3, -0.25) is 4.79 Å². The van der Waals surface area contributed by atoms with Gasteiger partial charge in [0.15, 0.2) is 11.5 Å². The maximum absolute atomic E-state index is 13.0. The molecule has 210 valence electrons. The SMILES string of the molecule is CCCOc1ccc(-c2nn(-c3ccccc3)cc2CNC(=O)c2cc(-c3ccc(OC(C)C)cc3)on2)cc1Cl. The molecule has 2 aromatic heterocycles. The maximum atomic E-state index is 13.0. The van der Waals surface area contributed by atoms with Crippen molar-refractivity contribution in [1.82, 2.24) is 20.3 Å². The molecular formula is C32H31ClN4O4. The van der Waals surface area contributed by atoms with Crippen LogP contribution in [0.25, 0.3) is 28.3 Å². The zero-order valence-corrected chi connectivity index (χ0v) is 23.9. The van der Waals surface area contributed by atoms with E-state index in [1.54, 1.807) is 10.7 Å². The molecular weight excluding hydrogens is 540 g/mol. The van der Waals surface area contributed by atoms with E-state index in [0.717, 1.165) is 34.5 Å². The Labute approximate surface area is 243 Å². The molecule has 5 rings (SSSR count). The average Bonchev–Trinajstić information content (AvgIpc) is 3.64. The third-order valence-electron chi connectivity index (χ3n) is 6.17. The number of nitrogens with one attached hydrogen (secondary N) is 1. The molecule has 0 bridgehead atoms. The van der Waals surface area contributed by atoms with Gasteiger partial charge < -0.3 is 19.3 Å². The fourth-order valence-electron chi connectivity index (χ4n) is 4.23. The lowest BCUT2D eigenvalue weighted by atomic mass is 10.1. The number of benzene rings is 3. The molecule has 0 aliphatic carbocycles. The molecule has 0 radical (unpaired) electrons. The molecule has 0 spiro atoms. The summed E-state index contributed by atoms with van der Waals surface area (Å²) in [5, 5.41) is 12.3. The molecule has 0 saturated carbocycles. The van der Waals surface area contributed by atoms with Crippen molar-refractivity contribution in [2.75, 3.05) is 6.61 Å². The standard InChI is InChI=1S/C32H31ClN4O4/c1-4-16-39-29-15-12-23(17-27(29)33)31-24(20-37(35-31)25-8-6-5-7-9-25)19-34-32(38)28-18-30(41-36-28)22-10-13-26(14-11-22)40-21(2)3/h5-15,17-18,20-21H,4,16,19H2,1-3H3,(H,34,38). The van der Waals surface area contributed by atoms with Crippen LogP contribution < -0.4 is 14.8 Å². The molecule has 0 aliphatic rings. The van der Waals surface area contributed by atoms with Gasteiger partial charge in [0.1, 0.15) is 11.5 Å². The van der Waals surface area contributed by atoms with E-state index in [9.17, 15) is 4.79 Å². The van der Waals surface area contributed by atoms with Gasteiger partial charge in [0.05, 0.1) is 29.1 Å². The lowest BCUT2D eigenvalue weighted by Gasteiger charge is -2.09. The second-order valence-corrected chi connectivity index (χ2v) is 10.1. The van der Waals surface area contributed by atoms with Crippen molar-refractivity contribution in [3.8, 4) is 39.8 Å². The highest BCUT2D eigenvalue weighted by Crippen LogP contribution is 2.32. The molecule has 5 aromatic rings. The fourth-order valence-corrected chi connectivity index (χ4v) is 4.46. The van der Waals surface area contributed by atoms with Crippen molar-refractivity contribution in [2.45, 2.75) is 39.8 Å². The van der Waals surface area contributed by atoms with Crippen LogP contribution in [0.2, 0.25) is 5.02 Å². The summed E-state index contributed by atoms with van der Waals surface area (Å²) in [4.78, 5) is 13.0. The number of hydrogen-bond acceptors (Lipinski definition) is 6. The highest BCUT2D eigenvalue weighted by Gasteiger charge is 2.18. The van der Waals surface area contributed by atoms with Crippen LogP contribution in [0.5, 0.6) is 11.5 Å². The third kappa shape index (κ3) is 6.78. The summed E-state index contributed by atoms with van der Waals surface area (Å²) >= 11 is 6.53. The number of aromatic nitrogens is 3. The lowest BCUT2D eigenvalue weighted by molar-refractivity contribution is 0.0942. The van der Waals surface area contributed by atoms with E-state index in [-0.39, 0.29) is 24.2 Å². The maximum Gasteiger partial charge on any atom is 0.273 e. The predicted molar refractivity (Wildman–Crippen MR) is 159 cm³/mol. The van der Waals surface area contributed by atoms with Crippen molar-refractivity contribution in [2.24, 2.45) is 0 Å². The van der Waals surface area contributed by atoms with Gasteiger partial charge >= 0.3 is 0 Å². The monoisotopic (exact) mass is 570 g/mol. The minimum Gasteiger partial charge on any atom is -0.492 e. The van der Waals surface area contributed by atoms with E-state index >= 15 is 0 Å². The zero-order valence-electron chi connectivity index (χ0n) is 23.1. The van der Waals surface area contributed by atoms with Gasteiger partial charge in [-0.15, -0.1) is 0 Å². The first-order chi connectivity index (χ1) is 19.9. The molecule has 0 atom stereocenters. The molecule has 1 N–H and O–H groups in total. The van der Waals surface area contributed by atoms with Crippen LogP contribution in [0.15, 0.2) is 89.6 Å². The fraction of sp³-hybridized carbons (Fsp3) is 0.219. The van der Waals surface area contributed by atoms with Gasteiger partial charge in [0.25, 0.3) is 5.91 Å². The van der Waals surface area contributed by atoms with E-state index in [4.69, 9.17) is 30.7 Å². The summed E-state index contributed by atoms with van der Waals surface area (Å²) in [7, 11) is 0. The van der Waals surface area contributed by atoms with Gasteiger partial charge in [-0.05, 0) is 74.9 Å². The summed E-state index contributed by atoms with van der Waals surface area (Å²) in [5.74, 6) is 1.51. The van der Waals surface area contributed by atoms with E-state index in [1.165, 1.54) is 0 Å². The van der Waals surface area contributed by atoms with Crippen molar-refractivity contribution in [1.29, 1.82) is 0 Å². The Kier molecular flexibility index (Phi) is 8.70. The van der Waals surface area contributed by atoms with Gasteiger partial charge in [0.2, 0.25) is 0 Å². The number of amides is 1. The van der Waals surface area contributed by atoms with Crippen LogP contribution in [0.1, 0.15) is 43.2 Å². The quantitative estimate of drug-likeness (QED) is 0.178. The predicted octanol–water partition coefficient (Wildman–Crippen LogP) is 7.35. The van der Waals surface area contributed by atoms with E-state index in [0.29, 0.717) is 28.8 Å². The van der Waals surface area contributed by atoms with Crippen LogP contribution in [0.3, 0.4) is 0 Å². The summed E-state index contributed by atoms with van der Waals surface area (Å²) in [6.45, 7) is 6.79. The summed E-state index contributed by atoms with van der Waals surface area (Å²) in [6.07, 6.45) is 2.86. The Morgan fingerprint density at radius 3 is 2.49 bits per heavy atom. The number of ether oxygens (including phenoxy) is 2. The van der Waals surface area contributed by atoms with Crippen LogP contribution in [-0.2, 0) is 6.54 Å². The minimum atomic E-state index is -0.362. The smallest absolute Gasteiger partial charge is 0.273 e. The van der Waals surface area contributed by atoms with Crippen LogP contribution >= 0.6 is 11.6 Å². The average molecular weight is 571 g/mol. The van der Waals surface area contributed by atoms with Crippen LogP contribution in [0.4, 0.5) is 0 Å². The molecule has 2 heterocycles. The Bertz CT molecular complexity index is 1610. The zero-order chi connectivity index (χ0) is 28.8. The number of nitrogens with zero attached hydrogens (tertiary/aromatic N) is 3. The van der Waals surface area contributed by atoms with E-state index in [1.807, 2.05) is 99.8 Å². The molecule has 3 aromatic carbocycles. The normalized spacial score (nSPS) is 11.0. The first-order valence-corrected chi connectivity index (χ1v) is 13.9. The van der Waals surface area contributed by atoms with E-state index < -0.39 is 0 Å². The first kappa shape index (κ1) is 28.0. The Morgan fingerprint density at radius 2 is 1.78 bits per heavy atom. The van der Waals surface area contributed by atoms with Crippen molar-refractivity contribution in [3.63, 3.8) is 0 Å². The van der Waals surface area contributed by atoms with Crippen LogP contribution in [-0.4, -0.2) is 33.6 Å². The number of rotatable bonds is 11. The molecule has 0 unspecified atom stereocenters. The lowest BCUT2D eigenvalue weighted by Crippen LogP contribution is -2.23. The summed E-state index contributed by atoms with van der Waals surface area (Å²) < 4.78 is 18.7. The second kappa shape index (κ2) is 12.7. The Hall–Kier alpha value is -4.56. The largest absolute Gasteiger partial charge is 0.492 e. The molecule has 41 heavy (non-hydrogen) atoms. The Morgan fingerprint density at radius 1 is 1.02 bits per heavy atom. The highest BCUT2D eigenvalue weighted by atomic mass is 35.5. The van der Waals surface area contributed by atoms with Crippen molar-refractivity contribution in [3.05, 3.63) is 101 Å². The number of carbonyl (C=O) groups excluding carboxylic acids is 1. The van der Waals surface area contributed by atoms with E-state index in [2.05, 4.69) is 10.5 Å². The summed E-state index contributed by atoms with van der Waals surface area (Å²) in [6, 6.07) is 24.4. The topological polar surface area (TPSA) is 91.4 Å². The number of hydrogen-bond donors (Lipinski definition) is 1. The second-order valence-electron chi connectivity index (χ2n) is 9.73. The third-order valence-corrected chi connectivity index (χ3v) is 6.47. The molecule has 9 heteroatoms. The summed E-state index contributed by atoms with van der Waals surface area (Å²) in [5.41, 5.74) is 4.19. The molecule has 0 saturated heterocycles. The first-order valence-electron chi connectivity index (χ1n) is 13.5. The molecule has 8 nitrogen and oxygen atoms in total. The van der Waals surface area contributed by atoms with Gasteiger partial charge in [0, 0.05) is 35.5 Å². The molecule has 1 amide bonds. The van der Waals surface area contributed by atoms with Crippen LogP contribution in [0, 0.1) is 0 Å².